The summed E-state index contributed by atoms with van der Waals surface area (Å²) in [6, 6.07) is 0.278. The number of hydrogen-bond acceptors (Lipinski definition) is 5. The lowest BCUT2D eigenvalue weighted by Crippen LogP contribution is -2.78. The van der Waals surface area contributed by atoms with Gasteiger partial charge in [-0.1, -0.05) is 6.92 Å². The molecular formula is C14H25N3O3. The van der Waals surface area contributed by atoms with E-state index in [1.807, 2.05) is 4.90 Å². The van der Waals surface area contributed by atoms with Gasteiger partial charge in [0, 0.05) is 45.2 Å². The van der Waals surface area contributed by atoms with Crippen LogP contribution in [0.2, 0.25) is 0 Å². The Kier molecular flexibility index (Phi) is 3.75. The Morgan fingerprint density at radius 3 is 2.70 bits per heavy atom. The van der Waals surface area contributed by atoms with E-state index in [-0.39, 0.29) is 36.6 Å². The second-order valence-electron chi connectivity index (χ2n) is 6.47. The molecule has 3 rings (SSSR count). The van der Waals surface area contributed by atoms with E-state index in [4.69, 9.17) is 5.11 Å². The molecule has 1 amide bonds. The first-order valence-corrected chi connectivity index (χ1v) is 7.64. The van der Waals surface area contributed by atoms with Crippen molar-refractivity contribution in [2.75, 3.05) is 45.9 Å². The topological polar surface area (TPSA) is 67.2 Å². The van der Waals surface area contributed by atoms with Gasteiger partial charge in [-0.2, -0.15) is 0 Å². The molecule has 2 unspecified atom stereocenters. The van der Waals surface area contributed by atoms with E-state index in [9.17, 15) is 9.90 Å². The van der Waals surface area contributed by atoms with Crippen LogP contribution in [0, 0.1) is 0 Å². The number of hydrogen-bond donors (Lipinski definition) is 2. The van der Waals surface area contributed by atoms with Crippen LogP contribution in [0.5, 0.6) is 0 Å². The Labute approximate surface area is 119 Å². The van der Waals surface area contributed by atoms with E-state index in [2.05, 4.69) is 16.7 Å². The van der Waals surface area contributed by atoms with Gasteiger partial charge in [-0.15, -0.1) is 0 Å². The molecule has 1 spiro atoms. The molecule has 3 aliphatic heterocycles. The summed E-state index contributed by atoms with van der Waals surface area (Å²) in [6.45, 7) is 7.25. The number of fused-ring (bicyclic) bond motifs is 2. The van der Waals surface area contributed by atoms with Crippen LogP contribution in [0.3, 0.4) is 0 Å². The van der Waals surface area contributed by atoms with Crippen molar-refractivity contribution in [2.24, 2.45) is 0 Å². The van der Waals surface area contributed by atoms with Crippen molar-refractivity contribution in [3.05, 3.63) is 0 Å². The van der Waals surface area contributed by atoms with Crippen LogP contribution in [0.1, 0.15) is 19.8 Å². The van der Waals surface area contributed by atoms with Gasteiger partial charge in [-0.05, 0) is 13.0 Å². The van der Waals surface area contributed by atoms with Crippen molar-refractivity contribution in [2.45, 2.75) is 37.5 Å². The third kappa shape index (κ3) is 2.24. The highest BCUT2D eigenvalue weighted by molar-refractivity contribution is 5.76. The molecule has 6 heteroatoms. The number of β-amino-alcohol motifs (C(OH)–C–C–N with tert-alkyl or cyclic N) is 1. The Morgan fingerprint density at radius 1 is 1.30 bits per heavy atom. The molecule has 3 heterocycles. The summed E-state index contributed by atoms with van der Waals surface area (Å²) in [6.07, 6.45) is 0.708. The molecule has 0 aromatic rings. The first-order valence-electron chi connectivity index (χ1n) is 7.64. The maximum absolute atomic E-state index is 12.1. The summed E-state index contributed by atoms with van der Waals surface area (Å²) in [4.78, 5) is 18.8. The first kappa shape index (κ1) is 14.3. The Morgan fingerprint density at radius 2 is 2.05 bits per heavy atom. The number of carbonyl (C=O) groups is 1. The zero-order valence-electron chi connectivity index (χ0n) is 12.2. The summed E-state index contributed by atoms with van der Waals surface area (Å²) < 4.78 is 0. The number of aliphatic hydroxyl groups is 2. The summed E-state index contributed by atoms with van der Waals surface area (Å²) in [5, 5.41) is 18.9. The fraction of sp³-hybridized carbons (Fsp3) is 0.929. The number of rotatable bonds is 3. The van der Waals surface area contributed by atoms with E-state index in [1.165, 1.54) is 0 Å². The van der Waals surface area contributed by atoms with Gasteiger partial charge in [0.15, 0.2) is 0 Å². The van der Waals surface area contributed by atoms with Crippen LogP contribution in [0.25, 0.3) is 0 Å². The molecular weight excluding hydrogens is 258 g/mol. The normalized spacial score (nSPS) is 33.2. The third-order valence-corrected chi connectivity index (χ3v) is 5.08. The molecule has 0 saturated carbocycles. The lowest BCUT2D eigenvalue weighted by molar-refractivity contribution is -0.150. The van der Waals surface area contributed by atoms with Crippen LogP contribution in [-0.4, -0.2) is 94.4 Å². The Bertz CT molecular complexity index is 384. The van der Waals surface area contributed by atoms with Crippen molar-refractivity contribution in [3.63, 3.8) is 0 Å². The molecule has 0 aromatic heterocycles. The molecule has 20 heavy (non-hydrogen) atoms. The van der Waals surface area contributed by atoms with Crippen LogP contribution >= 0.6 is 0 Å². The van der Waals surface area contributed by atoms with Crippen LogP contribution in [0.15, 0.2) is 0 Å². The van der Waals surface area contributed by atoms with Crippen molar-refractivity contribution >= 4 is 5.91 Å². The minimum absolute atomic E-state index is 0.0293. The number of likely N-dealkylation sites (N-methyl/N-ethyl adjacent to an activating group) is 1. The van der Waals surface area contributed by atoms with Gasteiger partial charge in [0.05, 0.1) is 18.2 Å². The van der Waals surface area contributed by atoms with E-state index in [0.29, 0.717) is 6.54 Å². The fourth-order valence-electron chi connectivity index (χ4n) is 4.15. The number of nitrogens with zero attached hydrogens (tertiary/aromatic N) is 3. The Hall–Kier alpha value is -0.690. The van der Waals surface area contributed by atoms with Crippen molar-refractivity contribution in [1.82, 2.24) is 14.7 Å². The number of aliphatic hydroxyl groups excluding tert-OH is 2. The summed E-state index contributed by atoms with van der Waals surface area (Å²) in [7, 11) is 0. The van der Waals surface area contributed by atoms with Gasteiger partial charge in [0.1, 0.15) is 0 Å². The molecule has 0 aromatic carbocycles. The van der Waals surface area contributed by atoms with E-state index >= 15 is 0 Å². The average molecular weight is 283 g/mol. The highest BCUT2D eigenvalue weighted by Gasteiger charge is 2.56. The first-order chi connectivity index (χ1) is 9.58. The van der Waals surface area contributed by atoms with Crippen LogP contribution in [0.4, 0.5) is 0 Å². The molecule has 0 radical (unpaired) electrons. The van der Waals surface area contributed by atoms with Crippen LogP contribution < -0.4 is 0 Å². The maximum Gasteiger partial charge on any atom is 0.224 e. The van der Waals surface area contributed by atoms with Gasteiger partial charge in [0.25, 0.3) is 0 Å². The average Bonchev–Trinajstić information content (AvgIpc) is 2.75. The lowest BCUT2D eigenvalue weighted by atomic mass is 9.83. The molecule has 114 valence electrons. The number of carbonyl (C=O) groups excluding carboxylic acids is 1. The van der Waals surface area contributed by atoms with Crippen LogP contribution in [-0.2, 0) is 4.79 Å². The molecule has 0 bridgehead atoms. The highest BCUT2D eigenvalue weighted by atomic mass is 16.3. The minimum Gasteiger partial charge on any atom is -0.396 e. The lowest BCUT2D eigenvalue weighted by Gasteiger charge is -2.61. The van der Waals surface area contributed by atoms with Gasteiger partial charge in [0.2, 0.25) is 5.91 Å². The fourth-order valence-corrected chi connectivity index (χ4v) is 4.15. The smallest absolute Gasteiger partial charge is 0.224 e. The van der Waals surface area contributed by atoms with Gasteiger partial charge in [-0.3, -0.25) is 14.6 Å². The summed E-state index contributed by atoms with van der Waals surface area (Å²) >= 11 is 0. The number of amides is 1. The molecule has 2 N–H and O–H groups in total. The highest BCUT2D eigenvalue weighted by Crippen LogP contribution is 2.38. The predicted molar refractivity (Wildman–Crippen MR) is 74.2 cm³/mol. The second-order valence-corrected chi connectivity index (χ2v) is 6.47. The monoisotopic (exact) mass is 283 g/mol. The number of likely N-dealkylation sites (tertiary alicyclic amines) is 1. The second kappa shape index (κ2) is 5.26. The molecule has 3 aliphatic rings. The van der Waals surface area contributed by atoms with Crippen molar-refractivity contribution < 1.29 is 15.0 Å². The van der Waals surface area contributed by atoms with Gasteiger partial charge < -0.3 is 15.1 Å². The maximum atomic E-state index is 12.1. The standard InChI is InChI=1S/C14H25N3O3/c1-2-15-8-14(9-15)10-16(13(20)3-4-18)6-11-5-12(19)7-17(11)14/h11-12,18-19H,2-10H2,1H3. The zero-order valence-corrected chi connectivity index (χ0v) is 12.2. The molecule has 3 saturated heterocycles. The third-order valence-electron chi connectivity index (χ3n) is 5.08. The quantitative estimate of drug-likeness (QED) is 0.675. The van der Waals surface area contributed by atoms with E-state index in [1.54, 1.807) is 0 Å². The van der Waals surface area contributed by atoms with Crippen molar-refractivity contribution in [1.29, 1.82) is 0 Å². The van der Waals surface area contributed by atoms with Crippen molar-refractivity contribution in [3.8, 4) is 0 Å². The van der Waals surface area contributed by atoms with Gasteiger partial charge >= 0.3 is 0 Å². The molecule has 3 fully saturated rings. The molecule has 6 nitrogen and oxygen atoms in total. The number of piperazine rings is 1. The van der Waals surface area contributed by atoms with Gasteiger partial charge in [-0.25, -0.2) is 0 Å². The summed E-state index contributed by atoms with van der Waals surface area (Å²) in [5.74, 6) is 0.0443. The van der Waals surface area contributed by atoms with E-state index < -0.39 is 0 Å². The largest absolute Gasteiger partial charge is 0.396 e. The SMILES string of the molecule is CCN1CC2(C1)CN(C(=O)CCO)CC1CC(O)CN12. The zero-order chi connectivity index (χ0) is 14.3. The molecule has 0 aliphatic carbocycles. The summed E-state index contributed by atoms with van der Waals surface area (Å²) in [5.41, 5.74) is 0.0293. The predicted octanol–water partition coefficient (Wildman–Crippen LogP) is -1.28. The Balaban J connectivity index is 1.75. The minimum atomic E-state index is -0.263. The molecule has 2 atom stereocenters. The van der Waals surface area contributed by atoms with E-state index in [0.717, 1.165) is 39.1 Å².